The van der Waals surface area contributed by atoms with Gasteiger partial charge in [-0.15, -0.1) is 0 Å². The first-order valence-electron chi connectivity index (χ1n) is 10.4. The molecule has 0 atom stereocenters. The highest BCUT2D eigenvalue weighted by Crippen LogP contribution is 2.33. The van der Waals surface area contributed by atoms with Gasteiger partial charge in [0.1, 0.15) is 13.2 Å². The summed E-state index contributed by atoms with van der Waals surface area (Å²) < 4.78 is 11.2. The van der Waals surface area contributed by atoms with Crippen molar-refractivity contribution in [1.82, 2.24) is 14.9 Å². The van der Waals surface area contributed by atoms with Crippen molar-refractivity contribution in [2.24, 2.45) is 0 Å². The minimum absolute atomic E-state index is 0.574. The molecule has 6 heteroatoms. The molecule has 0 radical (unpaired) electrons. The van der Waals surface area contributed by atoms with Gasteiger partial charge in [0.2, 0.25) is 5.95 Å². The molecule has 154 valence electrons. The molecule has 0 amide bonds. The lowest BCUT2D eigenvalue weighted by atomic mass is 10.0. The molecule has 1 aromatic heterocycles. The molecule has 2 aliphatic rings. The fourth-order valence-corrected chi connectivity index (χ4v) is 3.98. The Labute approximate surface area is 176 Å². The number of benzene rings is 2. The van der Waals surface area contributed by atoms with E-state index in [4.69, 9.17) is 14.5 Å². The number of rotatable bonds is 4. The van der Waals surface area contributed by atoms with E-state index in [-0.39, 0.29) is 0 Å². The second-order valence-electron chi connectivity index (χ2n) is 8.03. The molecule has 0 bridgehead atoms. The van der Waals surface area contributed by atoms with Crippen molar-refractivity contribution >= 4 is 11.6 Å². The third-order valence-corrected chi connectivity index (χ3v) is 5.79. The van der Waals surface area contributed by atoms with Crippen LogP contribution in [0.25, 0.3) is 0 Å². The molecule has 0 saturated carbocycles. The summed E-state index contributed by atoms with van der Waals surface area (Å²) in [6, 6.07) is 12.5. The quantitative estimate of drug-likeness (QED) is 0.707. The Hall–Kier alpha value is -3.12. The molecule has 3 heterocycles. The molecule has 0 fully saturated rings. The minimum atomic E-state index is 0.574. The Bertz CT molecular complexity index is 1080. The highest BCUT2D eigenvalue weighted by molar-refractivity contribution is 5.60. The van der Waals surface area contributed by atoms with Gasteiger partial charge >= 0.3 is 0 Å². The van der Waals surface area contributed by atoms with Gasteiger partial charge in [0.15, 0.2) is 11.5 Å². The van der Waals surface area contributed by atoms with Crippen LogP contribution in [0.5, 0.6) is 11.5 Å². The van der Waals surface area contributed by atoms with E-state index in [9.17, 15) is 0 Å². The molecular weight excluding hydrogens is 376 g/mol. The summed E-state index contributed by atoms with van der Waals surface area (Å²) in [5.74, 6) is 2.15. The van der Waals surface area contributed by atoms with Crippen molar-refractivity contribution in [3.05, 3.63) is 70.5 Å². The van der Waals surface area contributed by atoms with Crippen LogP contribution in [0.1, 0.15) is 27.9 Å². The van der Waals surface area contributed by atoms with Gasteiger partial charge in [-0.3, -0.25) is 4.90 Å². The topological polar surface area (TPSA) is 59.5 Å². The van der Waals surface area contributed by atoms with Crippen molar-refractivity contribution in [3.8, 4) is 11.5 Å². The zero-order valence-electron chi connectivity index (χ0n) is 17.4. The van der Waals surface area contributed by atoms with Crippen molar-refractivity contribution in [1.29, 1.82) is 0 Å². The number of hydrogen-bond acceptors (Lipinski definition) is 6. The standard InChI is InChI=1S/C24H26N4O2/c1-16-3-4-18(11-17(16)2)14-28-8-7-21-19(15-28)13-25-24(27-21)26-20-5-6-22-23(12-20)30-10-9-29-22/h3-6,11-13H,7-10,14-15H2,1-2H3,(H,25,26,27). The van der Waals surface area contributed by atoms with E-state index in [1.165, 1.54) is 22.3 Å². The smallest absolute Gasteiger partial charge is 0.227 e. The second-order valence-corrected chi connectivity index (χ2v) is 8.03. The van der Waals surface area contributed by atoms with Gasteiger partial charge in [0.25, 0.3) is 0 Å². The largest absolute Gasteiger partial charge is 0.486 e. The molecule has 1 N–H and O–H groups in total. The van der Waals surface area contributed by atoms with Gasteiger partial charge in [0, 0.05) is 49.6 Å². The van der Waals surface area contributed by atoms with Crippen LogP contribution < -0.4 is 14.8 Å². The first-order valence-corrected chi connectivity index (χ1v) is 10.4. The van der Waals surface area contributed by atoms with E-state index in [0.29, 0.717) is 19.2 Å². The zero-order chi connectivity index (χ0) is 20.5. The normalized spacial score (nSPS) is 15.5. The van der Waals surface area contributed by atoms with Crippen LogP contribution in [0, 0.1) is 13.8 Å². The summed E-state index contributed by atoms with van der Waals surface area (Å²) in [4.78, 5) is 11.8. The zero-order valence-corrected chi connectivity index (χ0v) is 17.4. The van der Waals surface area contributed by atoms with Gasteiger partial charge in [-0.1, -0.05) is 18.2 Å². The fourth-order valence-electron chi connectivity index (χ4n) is 3.98. The van der Waals surface area contributed by atoms with E-state index in [0.717, 1.165) is 48.9 Å². The summed E-state index contributed by atoms with van der Waals surface area (Å²) in [5, 5.41) is 3.30. The van der Waals surface area contributed by atoms with Crippen LogP contribution in [0.4, 0.5) is 11.6 Å². The molecule has 30 heavy (non-hydrogen) atoms. The maximum atomic E-state index is 5.66. The van der Waals surface area contributed by atoms with Crippen LogP contribution in [-0.2, 0) is 19.5 Å². The number of aromatic nitrogens is 2. The molecule has 0 unspecified atom stereocenters. The predicted octanol–water partition coefficient (Wildman–Crippen LogP) is 4.17. The number of nitrogens with one attached hydrogen (secondary N) is 1. The second kappa shape index (κ2) is 7.95. The number of fused-ring (bicyclic) bond motifs is 2. The highest BCUT2D eigenvalue weighted by atomic mass is 16.6. The molecule has 6 nitrogen and oxygen atoms in total. The minimum Gasteiger partial charge on any atom is -0.486 e. The number of anilines is 2. The Morgan fingerprint density at radius 1 is 1.00 bits per heavy atom. The van der Waals surface area contributed by atoms with Gasteiger partial charge in [-0.05, 0) is 42.7 Å². The molecule has 5 rings (SSSR count). The van der Waals surface area contributed by atoms with E-state index in [2.05, 4.69) is 47.2 Å². The van der Waals surface area contributed by atoms with E-state index in [1.807, 2.05) is 24.4 Å². The van der Waals surface area contributed by atoms with Crippen molar-refractivity contribution < 1.29 is 9.47 Å². The molecule has 0 aliphatic carbocycles. The highest BCUT2D eigenvalue weighted by Gasteiger charge is 2.19. The van der Waals surface area contributed by atoms with Crippen molar-refractivity contribution in [3.63, 3.8) is 0 Å². The SMILES string of the molecule is Cc1ccc(CN2CCc3nc(Nc4ccc5c(c4)OCCO5)ncc3C2)cc1C. The van der Waals surface area contributed by atoms with E-state index >= 15 is 0 Å². The van der Waals surface area contributed by atoms with Gasteiger partial charge in [0.05, 0.1) is 5.69 Å². The average molecular weight is 402 g/mol. The number of aryl methyl sites for hydroxylation is 2. The Morgan fingerprint density at radius 2 is 1.87 bits per heavy atom. The van der Waals surface area contributed by atoms with Crippen LogP contribution in [0.15, 0.2) is 42.6 Å². The lowest BCUT2D eigenvalue weighted by Crippen LogP contribution is -2.31. The van der Waals surface area contributed by atoms with Crippen molar-refractivity contribution in [2.75, 3.05) is 25.1 Å². The summed E-state index contributed by atoms with van der Waals surface area (Å²) >= 11 is 0. The average Bonchev–Trinajstić information content (AvgIpc) is 2.76. The molecular formula is C24H26N4O2. The summed E-state index contributed by atoms with van der Waals surface area (Å²) in [5.41, 5.74) is 7.28. The third-order valence-electron chi connectivity index (χ3n) is 5.79. The van der Waals surface area contributed by atoms with Gasteiger partial charge in [-0.25, -0.2) is 9.97 Å². The molecule has 2 aromatic carbocycles. The maximum absolute atomic E-state index is 5.66. The Morgan fingerprint density at radius 3 is 2.73 bits per heavy atom. The molecule has 2 aliphatic heterocycles. The summed E-state index contributed by atoms with van der Waals surface area (Å²) in [7, 11) is 0. The molecule has 3 aromatic rings. The van der Waals surface area contributed by atoms with E-state index < -0.39 is 0 Å². The van der Waals surface area contributed by atoms with E-state index in [1.54, 1.807) is 0 Å². The summed E-state index contributed by atoms with van der Waals surface area (Å²) in [6.45, 7) is 8.34. The lowest BCUT2D eigenvalue weighted by molar-refractivity contribution is 0.171. The lowest BCUT2D eigenvalue weighted by Gasteiger charge is -2.28. The van der Waals surface area contributed by atoms with Crippen LogP contribution in [-0.4, -0.2) is 34.6 Å². The van der Waals surface area contributed by atoms with Crippen molar-refractivity contribution in [2.45, 2.75) is 33.4 Å². The number of nitrogens with zero attached hydrogens (tertiary/aromatic N) is 3. The van der Waals surface area contributed by atoms with Gasteiger partial charge < -0.3 is 14.8 Å². The third kappa shape index (κ3) is 3.96. The molecule has 0 spiro atoms. The predicted molar refractivity (Wildman–Crippen MR) is 116 cm³/mol. The number of hydrogen-bond donors (Lipinski definition) is 1. The monoisotopic (exact) mass is 402 g/mol. The molecule has 0 saturated heterocycles. The maximum Gasteiger partial charge on any atom is 0.227 e. The van der Waals surface area contributed by atoms with Gasteiger partial charge in [-0.2, -0.15) is 0 Å². The number of ether oxygens (including phenoxy) is 2. The van der Waals surface area contributed by atoms with Crippen LogP contribution >= 0.6 is 0 Å². The Balaban J connectivity index is 1.27. The Kier molecular flexibility index (Phi) is 5.01. The first-order chi connectivity index (χ1) is 14.6. The summed E-state index contributed by atoms with van der Waals surface area (Å²) in [6.07, 6.45) is 2.88. The van der Waals surface area contributed by atoms with Crippen LogP contribution in [0.2, 0.25) is 0 Å². The first kappa shape index (κ1) is 18.9. The fraction of sp³-hybridized carbons (Fsp3) is 0.333. The van der Waals surface area contributed by atoms with Crippen LogP contribution in [0.3, 0.4) is 0 Å².